The Morgan fingerprint density at radius 2 is 0.750 bits per heavy atom. The number of hydrogen-bond acceptors (Lipinski definition) is 6. The zero-order chi connectivity index (χ0) is 38.5. The minimum Gasteiger partial charge on any atom is -0.353 e. The summed E-state index contributed by atoms with van der Waals surface area (Å²) >= 11 is 0. The quantitative estimate of drug-likeness (QED) is 0.223. The average Bonchev–Trinajstić information content (AvgIpc) is 4.08. The van der Waals surface area contributed by atoms with E-state index in [2.05, 4.69) is 45.5 Å². The smallest absolute Gasteiger partial charge is 0.253 e. The zero-order valence-electron chi connectivity index (χ0n) is 31.3. The van der Waals surface area contributed by atoms with Crippen LogP contribution in [0.2, 0.25) is 0 Å². The largest absolute Gasteiger partial charge is 0.353 e. The third kappa shape index (κ3) is 7.79. The Morgan fingerprint density at radius 3 is 1.07 bits per heavy atom. The third-order valence-electron chi connectivity index (χ3n) is 12.5. The molecule has 12 nitrogen and oxygen atoms in total. The summed E-state index contributed by atoms with van der Waals surface area (Å²) in [7, 11) is 0. The molecular weight excluding hydrogens is 709 g/mol. The van der Waals surface area contributed by atoms with Gasteiger partial charge in [0.2, 0.25) is 23.6 Å². The number of carbonyl (C=O) groups excluding carboxylic acids is 6. The van der Waals surface area contributed by atoms with E-state index in [9.17, 15) is 28.8 Å². The Bertz CT molecular complexity index is 1870. The lowest BCUT2D eigenvalue weighted by molar-refractivity contribution is -0.133. The summed E-state index contributed by atoms with van der Waals surface area (Å²) in [4.78, 5) is 84.8. The summed E-state index contributed by atoms with van der Waals surface area (Å²) in [5.74, 6) is -3.66. The predicted molar refractivity (Wildman–Crippen MR) is 206 cm³/mol. The summed E-state index contributed by atoms with van der Waals surface area (Å²) in [5, 5.41) is 12.4. The molecule has 2 heterocycles. The van der Waals surface area contributed by atoms with Gasteiger partial charge >= 0.3 is 0 Å². The monoisotopic (exact) mass is 756 g/mol. The topological polar surface area (TPSA) is 157 Å². The van der Waals surface area contributed by atoms with E-state index in [-0.39, 0.29) is 97.6 Å². The van der Waals surface area contributed by atoms with Crippen molar-refractivity contribution >= 4 is 35.4 Å². The van der Waals surface area contributed by atoms with Crippen LogP contribution in [-0.4, -0.2) is 95.6 Å². The van der Waals surface area contributed by atoms with Crippen LogP contribution in [0.15, 0.2) is 84.9 Å². The second-order valence-electron chi connectivity index (χ2n) is 16.7. The highest BCUT2D eigenvalue weighted by Crippen LogP contribution is 2.42. The average molecular weight is 757 g/mol. The molecule has 3 aromatic carbocycles. The first kappa shape index (κ1) is 36.1. The molecule has 6 fully saturated rings. The maximum absolute atomic E-state index is 13.8. The van der Waals surface area contributed by atoms with Gasteiger partial charge in [0.1, 0.15) is 0 Å². The van der Waals surface area contributed by atoms with E-state index in [1.54, 1.807) is 34.1 Å². The molecule has 3 aromatic rings. The van der Waals surface area contributed by atoms with Crippen LogP contribution < -0.4 is 21.3 Å². The zero-order valence-corrected chi connectivity index (χ0v) is 31.3. The maximum atomic E-state index is 13.8. The molecule has 8 atom stereocenters. The fourth-order valence-corrected chi connectivity index (χ4v) is 8.62. The molecule has 4 saturated carbocycles. The molecule has 6 amide bonds. The first-order valence-electron chi connectivity index (χ1n) is 20.2. The molecule has 2 saturated heterocycles. The number of hydrogen-bond donors (Lipinski definition) is 4. The molecule has 0 spiro atoms. The van der Waals surface area contributed by atoms with E-state index in [0.717, 1.165) is 38.5 Å². The van der Waals surface area contributed by atoms with Crippen LogP contribution in [0.3, 0.4) is 0 Å². The molecule has 0 unspecified atom stereocenters. The standard InChI is InChI=1S/C44H48N6O6/c51-39(45-29-15-16-29)33-21-49(23-35(33)41(53)47-37-19-31(37)25-7-3-1-4-8-25)43(55)27-11-13-28(14-12-27)44(56)50-22-34(40(52)46-30-17-18-30)36(24-50)42(54)48-38-20-32(38)26-9-5-2-6-10-26/h1-14,29-38H,15-24H2,(H,45,51)(H,46,52)(H,47,53)(H,48,54)/t31-,32-,33-,34+,35-,36+,37+,38+/m0/s1. The second-order valence-corrected chi connectivity index (χ2v) is 16.7. The Balaban J connectivity index is 0.842. The minimum absolute atomic E-state index is 0.000186. The highest BCUT2D eigenvalue weighted by atomic mass is 16.2. The number of carbonyl (C=O) groups is 6. The lowest BCUT2D eigenvalue weighted by Crippen LogP contribution is -2.43. The number of amides is 6. The van der Waals surface area contributed by atoms with Crippen molar-refractivity contribution in [3.63, 3.8) is 0 Å². The number of nitrogens with zero attached hydrogens (tertiary/aromatic N) is 2. The summed E-state index contributed by atoms with van der Waals surface area (Å²) < 4.78 is 0. The lowest BCUT2D eigenvalue weighted by Gasteiger charge is -2.18. The lowest BCUT2D eigenvalue weighted by atomic mass is 9.94. The van der Waals surface area contributed by atoms with Gasteiger partial charge in [0.05, 0.1) is 23.7 Å². The van der Waals surface area contributed by atoms with Crippen LogP contribution >= 0.6 is 0 Å². The van der Waals surface area contributed by atoms with Crippen LogP contribution in [0.1, 0.15) is 82.2 Å². The van der Waals surface area contributed by atoms with E-state index in [1.165, 1.54) is 11.1 Å². The van der Waals surface area contributed by atoms with Crippen LogP contribution in [0.4, 0.5) is 0 Å². The second kappa shape index (κ2) is 14.9. The Morgan fingerprint density at radius 1 is 0.429 bits per heavy atom. The summed E-state index contributed by atoms with van der Waals surface area (Å²) in [6.45, 7) is 0.478. The minimum atomic E-state index is -0.676. The maximum Gasteiger partial charge on any atom is 0.253 e. The van der Waals surface area contributed by atoms with E-state index in [4.69, 9.17) is 0 Å². The highest BCUT2D eigenvalue weighted by Gasteiger charge is 2.49. The molecule has 56 heavy (non-hydrogen) atoms. The molecule has 0 aromatic heterocycles. The van der Waals surface area contributed by atoms with Gasteiger partial charge in [0.25, 0.3) is 11.8 Å². The fraction of sp³-hybridized carbons (Fsp3) is 0.455. The molecular formula is C44H48N6O6. The number of benzene rings is 3. The summed E-state index contributed by atoms with van der Waals surface area (Å²) in [6.07, 6.45) is 5.34. The van der Waals surface area contributed by atoms with E-state index >= 15 is 0 Å². The normalized spacial score (nSPS) is 28.9. The Labute approximate surface area is 326 Å². The highest BCUT2D eigenvalue weighted by molar-refractivity contribution is 6.00. The third-order valence-corrected chi connectivity index (χ3v) is 12.5. The van der Waals surface area contributed by atoms with Gasteiger partial charge in [0, 0.05) is 73.3 Å². The molecule has 4 aliphatic carbocycles. The van der Waals surface area contributed by atoms with Gasteiger partial charge in [-0.1, -0.05) is 60.7 Å². The number of likely N-dealkylation sites (tertiary alicyclic amines) is 2. The molecule has 290 valence electrons. The van der Waals surface area contributed by atoms with Gasteiger partial charge in [-0.15, -0.1) is 0 Å². The molecule has 2 aliphatic heterocycles. The molecule has 4 N–H and O–H groups in total. The fourth-order valence-electron chi connectivity index (χ4n) is 8.62. The Hall–Kier alpha value is -5.52. The van der Waals surface area contributed by atoms with Crippen LogP contribution in [-0.2, 0) is 19.2 Å². The molecule has 0 bridgehead atoms. The SMILES string of the molecule is O=C(NC1CC1)[C@H]1CN(C(=O)c2ccc(C(=O)N3C[C@@H](C(=O)NC4CC4)[C@H](C(=O)N[C@@H]4C[C@H]4c4ccccc4)C3)cc2)C[C@@H]1C(=O)N[C@@H]1C[C@H]1c1ccccc1. The van der Waals surface area contributed by atoms with Crippen molar-refractivity contribution in [2.75, 3.05) is 26.2 Å². The van der Waals surface area contributed by atoms with Crippen LogP contribution in [0, 0.1) is 23.7 Å². The first-order valence-corrected chi connectivity index (χ1v) is 20.2. The molecule has 6 aliphatic rings. The number of rotatable bonds is 12. The van der Waals surface area contributed by atoms with Gasteiger partial charge in [0.15, 0.2) is 0 Å². The van der Waals surface area contributed by atoms with Gasteiger partial charge in [-0.25, -0.2) is 0 Å². The van der Waals surface area contributed by atoms with Crippen molar-refractivity contribution in [3.8, 4) is 0 Å². The van der Waals surface area contributed by atoms with Gasteiger partial charge in [-0.05, 0) is 73.9 Å². The first-order chi connectivity index (χ1) is 27.2. The van der Waals surface area contributed by atoms with Crippen molar-refractivity contribution in [2.45, 2.75) is 74.5 Å². The molecule has 9 rings (SSSR count). The van der Waals surface area contributed by atoms with Crippen molar-refractivity contribution in [1.82, 2.24) is 31.1 Å². The van der Waals surface area contributed by atoms with E-state index in [1.807, 2.05) is 36.4 Å². The van der Waals surface area contributed by atoms with Crippen molar-refractivity contribution in [1.29, 1.82) is 0 Å². The van der Waals surface area contributed by atoms with Crippen LogP contribution in [0.25, 0.3) is 0 Å². The molecule has 0 radical (unpaired) electrons. The number of nitrogens with one attached hydrogen (secondary N) is 4. The van der Waals surface area contributed by atoms with Crippen LogP contribution in [0.5, 0.6) is 0 Å². The Kier molecular flexibility index (Phi) is 9.59. The predicted octanol–water partition coefficient (Wildman–Crippen LogP) is 2.96. The summed E-state index contributed by atoms with van der Waals surface area (Å²) in [6, 6.07) is 26.7. The van der Waals surface area contributed by atoms with Crippen molar-refractivity contribution in [2.24, 2.45) is 23.7 Å². The van der Waals surface area contributed by atoms with E-state index < -0.39 is 23.7 Å². The van der Waals surface area contributed by atoms with Crippen molar-refractivity contribution in [3.05, 3.63) is 107 Å². The van der Waals surface area contributed by atoms with Gasteiger partial charge in [-0.2, -0.15) is 0 Å². The summed E-state index contributed by atoms with van der Waals surface area (Å²) in [5.41, 5.74) is 3.03. The van der Waals surface area contributed by atoms with E-state index in [0.29, 0.717) is 11.1 Å². The molecule has 12 heteroatoms. The van der Waals surface area contributed by atoms with Gasteiger partial charge < -0.3 is 31.1 Å². The van der Waals surface area contributed by atoms with Crippen molar-refractivity contribution < 1.29 is 28.8 Å². The van der Waals surface area contributed by atoms with Gasteiger partial charge in [-0.3, -0.25) is 28.8 Å².